The molecule has 2 amide bonds. The maximum atomic E-state index is 13.9. The molecule has 2 aromatic rings. The lowest BCUT2D eigenvalue weighted by Crippen LogP contribution is -2.51. The van der Waals surface area contributed by atoms with Crippen molar-refractivity contribution < 1.29 is 33.0 Å². The number of carbonyl (C=O) groups is 3. The molecule has 1 aliphatic heterocycles. The molecule has 0 bridgehead atoms. The van der Waals surface area contributed by atoms with Crippen molar-refractivity contribution in [1.82, 2.24) is 4.90 Å². The third-order valence-electron chi connectivity index (χ3n) is 4.86. The van der Waals surface area contributed by atoms with E-state index in [4.69, 9.17) is 14.2 Å². The molecule has 0 aromatic heterocycles. The summed E-state index contributed by atoms with van der Waals surface area (Å²) in [6.07, 6.45) is -2.14. The Bertz CT molecular complexity index is 968. The molecule has 1 N–H and O–H groups in total. The van der Waals surface area contributed by atoms with Crippen LogP contribution in [0, 0.1) is 5.82 Å². The topological polar surface area (TPSA) is 94.2 Å². The third-order valence-corrected chi connectivity index (χ3v) is 4.86. The van der Waals surface area contributed by atoms with Crippen LogP contribution in [0.15, 0.2) is 48.5 Å². The number of morpholine rings is 1. The summed E-state index contributed by atoms with van der Waals surface area (Å²) in [5, 5.41) is 2.56. The van der Waals surface area contributed by atoms with Crippen LogP contribution in [0.4, 0.5) is 14.9 Å². The number of hydrogen-bond donors (Lipinski definition) is 1. The summed E-state index contributed by atoms with van der Waals surface area (Å²) in [6, 6.07) is 12.8. The molecule has 2 unspecified atom stereocenters. The summed E-state index contributed by atoms with van der Waals surface area (Å²) in [5.41, 5.74) is 0.557. The zero-order valence-corrected chi connectivity index (χ0v) is 17.9. The lowest BCUT2D eigenvalue weighted by Gasteiger charge is -2.34. The van der Waals surface area contributed by atoms with Gasteiger partial charge in [-0.05, 0) is 38.1 Å². The van der Waals surface area contributed by atoms with E-state index in [0.717, 1.165) is 6.07 Å². The molecular weight excluding hydrogens is 419 g/mol. The molecule has 8 nitrogen and oxygen atoms in total. The van der Waals surface area contributed by atoms with Gasteiger partial charge in [-0.25, -0.2) is 9.18 Å². The molecular formula is C23H25FN2O6. The molecule has 2 atom stereocenters. The summed E-state index contributed by atoms with van der Waals surface area (Å²) in [7, 11) is 0. The van der Waals surface area contributed by atoms with Crippen LogP contribution in [0.25, 0.3) is 0 Å². The van der Waals surface area contributed by atoms with Crippen molar-refractivity contribution >= 4 is 23.5 Å². The van der Waals surface area contributed by atoms with E-state index < -0.39 is 24.1 Å². The van der Waals surface area contributed by atoms with Crippen LogP contribution in [0.3, 0.4) is 0 Å². The zero-order chi connectivity index (χ0) is 23.1. The number of ketones is 1. The third kappa shape index (κ3) is 6.27. The summed E-state index contributed by atoms with van der Waals surface area (Å²) in [6.45, 7) is 3.77. The van der Waals surface area contributed by atoms with Gasteiger partial charge in [0.1, 0.15) is 24.3 Å². The SMILES string of the molecule is CC(=O)c1ccc(OCC2CN(C(=O)C(C)OC(=O)Nc3ccccc3)CCO2)cc1F. The van der Waals surface area contributed by atoms with Crippen LogP contribution in [0.5, 0.6) is 5.75 Å². The highest BCUT2D eigenvalue weighted by Gasteiger charge is 2.29. The predicted molar refractivity (Wildman–Crippen MR) is 114 cm³/mol. The average molecular weight is 444 g/mol. The summed E-state index contributed by atoms with van der Waals surface area (Å²) in [4.78, 5) is 37.6. The maximum Gasteiger partial charge on any atom is 0.412 e. The highest BCUT2D eigenvalue weighted by Crippen LogP contribution is 2.18. The first-order valence-electron chi connectivity index (χ1n) is 10.2. The number of hydrogen-bond acceptors (Lipinski definition) is 6. The number of benzene rings is 2. The lowest BCUT2D eigenvalue weighted by molar-refractivity contribution is -0.147. The molecule has 0 saturated carbocycles. The normalized spacial score (nSPS) is 16.7. The van der Waals surface area contributed by atoms with Crippen molar-refractivity contribution in [3.05, 3.63) is 59.9 Å². The number of nitrogens with one attached hydrogen (secondary N) is 1. The van der Waals surface area contributed by atoms with Gasteiger partial charge in [0.05, 0.1) is 18.7 Å². The molecule has 0 radical (unpaired) electrons. The van der Waals surface area contributed by atoms with Gasteiger partial charge in [-0.2, -0.15) is 0 Å². The van der Waals surface area contributed by atoms with Gasteiger partial charge < -0.3 is 19.1 Å². The van der Waals surface area contributed by atoms with E-state index in [9.17, 15) is 18.8 Å². The lowest BCUT2D eigenvalue weighted by atomic mass is 10.1. The number of amides is 2. The quantitative estimate of drug-likeness (QED) is 0.659. The molecule has 0 aliphatic carbocycles. The Hall–Kier alpha value is -3.46. The number of anilines is 1. The summed E-state index contributed by atoms with van der Waals surface area (Å²) >= 11 is 0. The second-order valence-electron chi connectivity index (χ2n) is 7.32. The number of Topliss-reactive ketones (excluding diaryl/α,β-unsaturated/α-hetero) is 1. The van der Waals surface area contributed by atoms with Gasteiger partial charge in [0.15, 0.2) is 11.9 Å². The van der Waals surface area contributed by atoms with Crippen molar-refractivity contribution in [2.75, 3.05) is 31.6 Å². The van der Waals surface area contributed by atoms with Crippen LogP contribution < -0.4 is 10.1 Å². The van der Waals surface area contributed by atoms with Gasteiger partial charge in [-0.1, -0.05) is 18.2 Å². The summed E-state index contributed by atoms with van der Waals surface area (Å²) in [5.74, 6) is -1.11. The second-order valence-corrected chi connectivity index (χ2v) is 7.32. The Morgan fingerprint density at radius 2 is 1.97 bits per heavy atom. The van der Waals surface area contributed by atoms with Crippen molar-refractivity contribution in [2.45, 2.75) is 26.1 Å². The first-order valence-corrected chi connectivity index (χ1v) is 10.2. The van der Waals surface area contributed by atoms with Gasteiger partial charge in [0.2, 0.25) is 0 Å². The number of ether oxygens (including phenoxy) is 3. The van der Waals surface area contributed by atoms with E-state index in [1.54, 1.807) is 24.3 Å². The molecule has 1 heterocycles. The van der Waals surface area contributed by atoms with Crippen LogP contribution >= 0.6 is 0 Å². The van der Waals surface area contributed by atoms with Crippen molar-refractivity contribution in [3.63, 3.8) is 0 Å². The van der Waals surface area contributed by atoms with Crippen LogP contribution in [-0.2, 0) is 14.3 Å². The van der Waals surface area contributed by atoms with Crippen molar-refractivity contribution in [3.8, 4) is 5.75 Å². The minimum atomic E-state index is -0.980. The van der Waals surface area contributed by atoms with Gasteiger partial charge in [0.25, 0.3) is 5.91 Å². The Kier molecular flexibility index (Phi) is 7.77. The Morgan fingerprint density at radius 3 is 2.66 bits per heavy atom. The fraction of sp³-hybridized carbons (Fsp3) is 0.348. The highest BCUT2D eigenvalue weighted by molar-refractivity contribution is 5.94. The van der Waals surface area contributed by atoms with E-state index in [-0.39, 0.29) is 36.2 Å². The number of rotatable bonds is 7. The molecule has 2 aromatic carbocycles. The fourth-order valence-electron chi connectivity index (χ4n) is 3.22. The van der Waals surface area contributed by atoms with Crippen molar-refractivity contribution in [1.29, 1.82) is 0 Å². The van der Waals surface area contributed by atoms with E-state index in [1.807, 2.05) is 6.07 Å². The first-order chi connectivity index (χ1) is 15.3. The van der Waals surface area contributed by atoms with Gasteiger partial charge >= 0.3 is 6.09 Å². The minimum absolute atomic E-state index is 0.00618. The largest absolute Gasteiger partial charge is 0.491 e. The molecule has 32 heavy (non-hydrogen) atoms. The zero-order valence-electron chi connectivity index (χ0n) is 17.9. The van der Waals surface area contributed by atoms with Gasteiger partial charge in [-0.3, -0.25) is 14.9 Å². The van der Waals surface area contributed by atoms with Crippen molar-refractivity contribution in [2.24, 2.45) is 0 Å². The van der Waals surface area contributed by atoms with E-state index in [1.165, 1.54) is 30.9 Å². The number of para-hydroxylation sites is 1. The van der Waals surface area contributed by atoms with Gasteiger partial charge in [0, 0.05) is 18.3 Å². The molecule has 9 heteroatoms. The van der Waals surface area contributed by atoms with Crippen LogP contribution in [0.1, 0.15) is 24.2 Å². The first kappa shape index (κ1) is 23.2. The Labute approximate surface area is 185 Å². The monoisotopic (exact) mass is 444 g/mol. The van der Waals surface area contributed by atoms with Gasteiger partial charge in [-0.15, -0.1) is 0 Å². The minimum Gasteiger partial charge on any atom is -0.491 e. The molecule has 0 spiro atoms. The predicted octanol–water partition coefficient (Wildman–Crippen LogP) is 3.27. The Morgan fingerprint density at radius 1 is 1.22 bits per heavy atom. The van der Waals surface area contributed by atoms with E-state index in [2.05, 4.69) is 5.32 Å². The number of nitrogens with zero attached hydrogens (tertiary/aromatic N) is 1. The smallest absolute Gasteiger partial charge is 0.412 e. The van der Waals surface area contributed by atoms with Crippen LogP contribution in [0.2, 0.25) is 0 Å². The average Bonchev–Trinajstić information content (AvgIpc) is 2.77. The van der Waals surface area contributed by atoms with E-state index >= 15 is 0 Å². The highest BCUT2D eigenvalue weighted by atomic mass is 19.1. The number of halogens is 1. The van der Waals surface area contributed by atoms with E-state index in [0.29, 0.717) is 18.8 Å². The molecule has 1 saturated heterocycles. The van der Waals surface area contributed by atoms with Crippen LogP contribution in [-0.4, -0.2) is 61.2 Å². The maximum absolute atomic E-state index is 13.9. The molecule has 3 rings (SSSR count). The fourth-order valence-corrected chi connectivity index (χ4v) is 3.22. The standard InChI is InChI=1S/C23H25FN2O6/c1-15(27)20-9-8-18(12-21(20)24)31-14-19-13-26(10-11-30-19)22(28)16(2)32-23(29)25-17-6-4-3-5-7-17/h3-9,12,16,19H,10-11,13-14H2,1-2H3,(H,25,29). The molecule has 170 valence electrons. The molecule has 1 aliphatic rings. The molecule has 1 fully saturated rings. The Balaban J connectivity index is 1.49. The second kappa shape index (κ2) is 10.7. The summed E-state index contributed by atoms with van der Waals surface area (Å²) < 4.78 is 30.3. The number of carbonyl (C=O) groups excluding carboxylic acids is 3.